The van der Waals surface area contributed by atoms with E-state index in [1.807, 2.05) is 13.8 Å². The molecule has 1 amide bonds. The van der Waals surface area contributed by atoms with Crippen molar-refractivity contribution in [3.05, 3.63) is 11.3 Å². The molecule has 0 atom stereocenters. The zero-order valence-corrected chi connectivity index (χ0v) is 10.0. The van der Waals surface area contributed by atoms with Crippen LogP contribution < -0.4 is 5.32 Å². The highest BCUT2D eigenvalue weighted by atomic mass is 16.5. The highest BCUT2D eigenvalue weighted by molar-refractivity contribution is 5.96. The number of anilines is 1. The van der Waals surface area contributed by atoms with Crippen LogP contribution >= 0.6 is 0 Å². The SMILES string of the molecule is Cc1noc(NC(=O)C2(C#N)CCCC2)c1C. The van der Waals surface area contributed by atoms with E-state index in [0.29, 0.717) is 18.7 Å². The van der Waals surface area contributed by atoms with Gasteiger partial charge in [0, 0.05) is 5.56 Å². The van der Waals surface area contributed by atoms with Gasteiger partial charge in [0.15, 0.2) is 0 Å². The summed E-state index contributed by atoms with van der Waals surface area (Å²) in [7, 11) is 0. The first-order valence-electron chi connectivity index (χ1n) is 5.75. The van der Waals surface area contributed by atoms with E-state index in [1.165, 1.54) is 0 Å². The van der Waals surface area contributed by atoms with Crippen LogP contribution in [0.15, 0.2) is 4.52 Å². The molecule has 0 saturated heterocycles. The quantitative estimate of drug-likeness (QED) is 0.850. The summed E-state index contributed by atoms with van der Waals surface area (Å²) in [6.07, 6.45) is 3.10. The van der Waals surface area contributed by atoms with E-state index in [-0.39, 0.29) is 5.91 Å². The predicted octanol–water partition coefficient (Wildman–Crippen LogP) is 2.31. The van der Waals surface area contributed by atoms with Crippen LogP contribution in [-0.4, -0.2) is 11.1 Å². The average Bonchev–Trinajstić information content (AvgIpc) is 2.92. The summed E-state index contributed by atoms with van der Waals surface area (Å²) < 4.78 is 5.02. The smallest absolute Gasteiger partial charge is 0.247 e. The molecule has 0 aliphatic heterocycles. The molecule has 0 bridgehead atoms. The predicted molar refractivity (Wildman–Crippen MR) is 61.1 cm³/mol. The first-order valence-corrected chi connectivity index (χ1v) is 5.75. The second-order valence-electron chi connectivity index (χ2n) is 4.58. The Morgan fingerprint density at radius 1 is 1.47 bits per heavy atom. The lowest BCUT2D eigenvalue weighted by Crippen LogP contribution is -2.32. The number of rotatable bonds is 2. The van der Waals surface area contributed by atoms with Gasteiger partial charge in [-0.3, -0.25) is 10.1 Å². The highest BCUT2D eigenvalue weighted by Crippen LogP contribution is 2.38. The molecule has 90 valence electrons. The molecule has 0 radical (unpaired) electrons. The van der Waals surface area contributed by atoms with E-state index in [4.69, 9.17) is 4.52 Å². The second kappa shape index (κ2) is 4.21. The van der Waals surface area contributed by atoms with Gasteiger partial charge >= 0.3 is 0 Å². The molecule has 17 heavy (non-hydrogen) atoms. The minimum Gasteiger partial charge on any atom is -0.338 e. The highest BCUT2D eigenvalue weighted by Gasteiger charge is 2.42. The number of carbonyl (C=O) groups excluding carboxylic acids is 1. The molecule has 2 rings (SSSR count). The van der Waals surface area contributed by atoms with Crippen molar-refractivity contribution >= 4 is 11.8 Å². The average molecular weight is 233 g/mol. The lowest BCUT2D eigenvalue weighted by Gasteiger charge is -2.17. The lowest BCUT2D eigenvalue weighted by molar-refractivity contribution is -0.122. The van der Waals surface area contributed by atoms with Crippen LogP contribution in [0.2, 0.25) is 0 Å². The summed E-state index contributed by atoms with van der Waals surface area (Å²) in [5, 5.41) is 15.6. The molecule has 0 unspecified atom stereocenters. The molecule has 1 aromatic rings. The number of nitrogens with zero attached hydrogens (tertiary/aromatic N) is 2. The van der Waals surface area contributed by atoms with Crippen molar-refractivity contribution in [3.63, 3.8) is 0 Å². The normalized spacial score (nSPS) is 17.7. The first-order chi connectivity index (χ1) is 8.09. The van der Waals surface area contributed by atoms with Crippen LogP contribution in [0.25, 0.3) is 0 Å². The van der Waals surface area contributed by atoms with Crippen LogP contribution in [0, 0.1) is 30.6 Å². The third-order valence-corrected chi connectivity index (χ3v) is 3.49. The molecule has 1 N–H and O–H groups in total. The molecule has 5 heteroatoms. The lowest BCUT2D eigenvalue weighted by atomic mass is 9.87. The second-order valence-corrected chi connectivity index (χ2v) is 4.58. The van der Waals surface area contributed by atoms with Crippen molar-refractivity contribution in [1.82, 2.24) is 5.16 Å². The van der Waals surface area contributed by atoms with Gasteiger partial charge in [-0.25, -0.2) is 0 Å². The zero-order chi connectivity index (χ0) is 12.5. The van der Waals surface area contributed by atoms with Gasteiger partial charge in [-0.2, -0.15) is 5.26 Å². The van der Waals surface area contributed by atoms with Crippen molar-refractivity contribution in [3.8, 4) is 6.07 Å². The molecule has 1 fully saturated rings. The molecule has 0 spiro atoms. The molecule has 5 nitrogen and oxygen atoms in total. The Morgan fingerprint density at radius 2 is 2.12 bits per heavy atom. The van der Waals surface area contributed by atoms with Crippen LogP contribution in [0.3, 0.4) is 0 Å². The van der Waals surface area contributed by atoms with E-state index in [1.54, 1.807) is 0 Å². The number of nitrogens with one attached hydrogen (secondary N) is 1. The topological polar surface area (TPSA) is 78.9 Å². The van der Waals surface area contributed by atoms with E-state index >= 15 is 0 Å². The Kier molecular flexibility index (Phi) is 2.88. The van der Waals surface area contributed by atoms with E-state index in [2.05, 4.69) is 16.5 Å². The number of hydrogen-bond donors (Lipinski definition) is 1. The number of carbonyl (C=O) groups is 1. The minimum absolute atomic E-state index is 0.267. The number of aromatic nitrogens is 1. The monoisotopic (exact) mass is 233 g/mol. The standard InChI is InChI=1S/C12H15N3O2/c1-8-9(2)15-17-10(8)14-11(16)12(7-13)5-3-4-6-12/h3-6H2,1-2H3,(H,14,16). The summed E-state index contributed by atoms with van der Waals surface area (Å²) in [5.74, 6) is 0.0887. The van der Waals surface area contributed by atoms with Gasteiger partial charge < -0.3 is 4.52 Å². The summed E-state index contributed by atoms with van der Waals surface area (Å²) in [6.45, 7) is 3.64. The van der Waals surface area contributed by atoms with Crippen molar-refractivity contribution in [1.29, 1.82) is 5.26 Å². The van der Waals surface area contributed by atoms with Gasteiger partial charge in [0.25, 0.3) is 0 Å². The van der Waals surface area contributed by atoms with Crippen molar-refractivity contribution in [2.24, 2.45) is 5.41 Å². The first kappa shape index (κ1) is 11.6. The molecule has 0 aromatic carbocycles. The van der Waals surface area contributed by atoms with Crippen molar-refractivity contribution < 1.29 is 9.32 Å². The molecule has 1 saturated carbocycles. The Morgan fingerprint density at radius 3 is 2.59 bits per heavy atom. The molecule has 1 heterocycles. The molecule has 1 aliphatic rings. The van der Waals surface area contributed by atoms with Gasteiger partial charge in [0.05, 0.1) is 11.8 Å². The van der Waals surface area contributed by atoms with Crippen LogP contribution in [0.1, 0.15) is 36.9 Å². The number of nitriles is 1. The Labute approximate surface area is 99.8 Å². The Balaban J connectivity index is 2.17. The van der Waals surface area contributed by atoms with E-state index < -0.39 is 5.41 Å². The Bertz CT molecular complexity index is 478. The van der Waals surface area contributed by atoms with E-state index in [0.717, 1.165) is 24.1 Å². The maximum Gasteiger partial charge on any atom is 0.247 e. The zero-order valence-electron chi connectivity index (χ0n) is 10.0. The van der Waals surface area contributed by atoms with Gasteiger partial charge in [0.1, 0.15) is 5.41 Å². The minimum atomic E-state index is -0.882. The maximum absolute atomic E-state index is 12.1. The number of aryl methyl sites for hydroxylation is 1. The fourth-order valence-electron chi connectivity index (χ4n) is 2.12. The van der Waals surface area contributed by atoms with Crippen LogP contribution in [0.4, 0.5) is 5.88 Å². The molecule has 1 aliphatic carbocycles. The summed E-state index contributed by atoms with van der Waals surface area (Å²) in [6, 6.07) is 2.15. The van der Waals surface area contributed by atoms with Gasteiger partial charge in [0.2, 0.25) is 11.8 Å². The molecule has 1 aromatic heterocycles. The molecular weight excluding hydrogens is 218 g/mol. The maximum atomic E-state index is 12.1. The van der Waals surface area contributed by atoms with Crippen LogP contribution in [-0.2, 0) is 4.79 Å². The summed E-state index contributed by atoms with van der Waals surface area (Å²) in [4.78, 5) is 12.1. The van der Waals surface area contributed by atoms with Gasteiger partial charge in [-0.15, -0.1) is 0 Å². The third-order valence-electron chi connectivity index (χ3n) is 3.49. The van der Waals surface area contributed by atoms with Gasteiger partial charge in [-0.05, 0) is 26.7 Å². The summed E-state index contributed by atoms with van der Waals surface area (Å²) in [5.41, 5.74) is 0.676. The Hall–Kier alpha value is -1.83. The molecular formula is C12H15N3O2. The largest absolute Gasteiger partial charge is 0.338 e. The van der Waals surface area contributed by atoms with Crippen LogP contribution in [0.5, 0.6) is 0 Å². The van der Waals surface area contributed by atoms with Crippen molar-refractivity contribution in [2.45, 2.75) is 39.5 Å². The fraction of sp³-hybridized carbons (Fsp3) is 0.583. The third kappa shape index (κ3) is 1.91. The van der Waals surface area contributed by atoms with Gasteiger partial charge in [-0.1, -0.05) is 18.0 Å². The van der Waals surface area contributed by atoms with E-state index in [9.17, 15) is 10.1 Å². The summed E-state index contributed by atoms with van der Waals surface area (Å²) >= 11 is 0. The number of hydrogen-bond acceptors (Lipinski definition) is 4. The number of amides is 1. The fourth-order valence-corrected chi connectivity index (χ4v) is 2.12. The van der Waals surface area contributed by atoms with Crippen molar-refractivity contribution in [2.75, 3.05) is 5.32 Å².